The summed E-state index contributed by atoms with van der Waals surface area (Å²) in [6.45, 7) is 11.9. The zero-order chi connectivity index (χ0) is 34.3. The second kappa shape index (κ2) is 15.3. The number of aliphatic carboxylic acids is 1. The first-order valence-corrected chi connectivity index (χ1v) is 17.9. The molecule has 0 spiro atoms. The summed E-state index contributed by atoms with van der Waals surface area (Å²) in [5.41, 5.74) is 4.58. The van der Waals surface area contributed by atoms with E-state index in [1.54, 1.807) is 28.9 Å². The summed E-state index contributed by atoms with van der Waals surface area (Å²) in [5, 5.41) is 17.4. The number of rotatable bonds is 15. The highest BCUT2D eigenvalue weighted by molar-refractivity contribution is 7.92. The molecular formula is C34H45N7O6S. The lowest BCUT2D eigenvalue weighted by atomic mass is 9.81. The number of fused-ring (bicyclic) bond motifs is 1. The van der Waals surface area contributed by atoms with Crippen molar-refractivity contribution in [3.8, 4) is 11.3 Å². The minimum Gasteiger partial charge on any atom is -0.481 e. The number of nitrogens with one attached hydrogen (secondary N) is 2. The van der Waals surface area contributed by atoms with Gasteiger partial charge in [0.15, 0.2) is 0 Å². The maximum Gasteiger partial charge on any atom is 0.309 e. The van der Waals surface area contributed by atoms with Crippen LogP contribution in [0.15, 0.2) is 66.9 Å². The van der Waals surface area contributed by atoms with E-state index in [9.17, 15) is 18.3 Å². The van der Waals surface area contributed by atoms with Crippen LogP contribution < -0.4 is 14.9 Å². The number of anilines is 4. The average Bonchev–Trinajstić information content (AvgIpc) is 3.45. The second-order valence-electron chi connectivity index (χ2n) is 13.0. The van der Waals surface area contributed by atoms with Crippen LogP contribution in [0.3, 0.4) is 0 Å². The lowest BCUT2D eigenvalue weighted by molar-refractivity contribution is -0.148. The van der Waals surface area contributed by atoms with E-state index in [2.05, 4.69) is 37.0 Å². The lowest BCUT2D eigenvalue weighted by Gasteiger charge is -2.36. The highest BCUT2D eigenvalue weighted by atomic mass is 32.2. The third-order valence-corrected chi connectivity index (χ3v) is 8.88. The maximum atomic E-state index is 11.7. The molecule has 258 valence electrons. The topological polar surface area (TPSA) is 151 Å². The number of aromatic nitrogens is 3. The van der Waals surface area contributed by atoms with Gasteiger partial charge in [0.2, 0.25) is 16.0 Å². The van der Waals surface area contributed by atoms with Crippen LogP contribution in [0.25, 0.3) is 16.8 Å². The fraction of sp³-hybridized carbons (Fsp3) is 0.441. The molecule has 0 saturated carbocycles. The Hall–Kier alpha value is -4.24. The Labute approximate surface area is 281 Å². The van der Waals surface area contributed by atoms with Crippen molar-refractivity contribution in [2.45, 2.75) is 20.8 Å². The molecule has 13 nitrogen and oxygen atoms in total. The number of benzene rings is 2. The van der Waals surface area contributed by atoms with Gasteiger partial charge in [0.25, 0.3) is 0 Å². The molecule has 5 rings (SSSR count). The van der Waals surface area contributed by atoms with Crippen LogP contribution in [0.4, 0.5) is 23.0 Å². The zero-order valence-corrected chi connectivity index (χ0v) is 28.7. The standard InChI is InChI=1S/C34H45N7O6S/c1-34(2,3)30(32(42)43)24-47-21-20-46-19-18-39-14-16-40(17-15-39)28-10-8-26(9-11-28)36-33-35-23-29-12-13-31(41(29)37-33)25-6-5-7-27(22-25)38-48(4,44)45/h5-13,22-23,30,38H,14-21,24H2,1-4H3,(H,36,37)(H,42,43). The van der Waals surface area contributed by atoms with Crippen LogP contribution >= 0.6 is 0 Å². The van der Waals surface area contributed by atoms with E-state index < -0.39 is 21.9 Å². The van der Waals surface area contributed by atoms with Gasteiger partial charge in [-0.2, -0.15) is 0 Å². The minimum atomic E-state index is -3.39. The van der Waals surface area contributed by atoms with Crippen LogP contribution in [0, 0.1) is 11.3 Å². The van der Waals surface area contributed by atoms with Crippen molar-refractivity contribution in [1.82, 2.24) is 19.5 Å². The largest absolute Gasteiger partial charge is 0.481 e. The van der Waals surface area contributed by atoms with E-state index in [0.717, 1.165) is 67.1 Å². The van der Waals surface area contributed by atoms with Crippen molar-refractivity contribution in [3.05, 3.63) is 66.9 Å². The molecule has 3 heterocycles. The Morgan fingerprint density at radius 1 is 0.958 bits per heavy atom. The van der Waals surface area contributed by atoms with Crippen molar-refractivity contribution in [2.75, 3.05) is 80.3 Å². The first-order chi connectivity index (χ1) is 22.9. The molecule has 1 atom stereocenters. The predicted molar refractivity (Wildman–Crippen MR) is 187 cm³/mol. The molecule has 3 N–H and O–H groups in total. The average molecular weight is 680 g/mol. The molecule has 1 unspecified atom stereocenters. The highest BCUT2D eigenvalue weighted by Crippen LogP contribution is 2.27. The van der Waals surface area contributed by atoms with Crippen LogP contribution in [-0.4, -0.2) is 104 Å². The second-order valence-corrected chi connectivity index (χ2v) is 14.8. The monoisotopic (exact) mass is 679 g/mol. The van der Waals surface area contributed by atoms with Crippen molar-refractivity contribution in [3.63, 3.8) is 0 Å². The van der Waals surface area contributed by atoms with Crippen LogP contribution in [-0.2, 0) is 24.3 Å². The van der Waals surface area contributed by atoms with E-state index in [4.69, 9.17) is 14.6 Å². The summed E-state index contributed by atoms with van der Waals surface area (Å²) in [4.78, 5) is 20.7. The highest BCUT2D eigenvalue weighted by Gasteiger charge is 2.31. The molecule has 2 aromatic heterocycles. The van der Waals surface area contributed by atoms with Gasteiger partial charge in [-0.15, -0.1) is 5.10 Å². The molecule has 14 heteroatoms. The summed E-state index contributed by atoms with van der Waals surface area (Å²) in [5.74, 6) is -0.941. The first-order valence-electron chi connectivity index (χ1n) is 16.0. The summed E-state index contributed by atoms with van der Waals surface area (Å²) in [6.07, 6.45) is 2.87. The molecule has 2 aromatic carbocycles. The Morgan fingerprint density at radius 2 is 1.69 bits per heavy atom. The van der Waals surface area contributed by atoms with E-state index in [1.807, 2.05) is 51.1 Å². The summed E-state index contributed by atoms with van der Waals surface area (Å²) < 4.78 is 39.0. The van der Waals surface area contributed by atoms with E-state index in [0.29, 0.717) is 31.5 Å². The predicted octanol–water partition coefficient (Wildman–Crippen LogP) is 4.41. The van der Waals surface area contributed by atoms with Gasteiger partial charge in [0, 0.05) is 55.3 Å². The fourth-order valence-electron chi connectivity index (χ4n) is 5.55. The molecule has 1 fully saturated rings. The lowest BCUT2D eigenvalue weighted by Crippen LogP contribution is -2.47. The maximum absolute atomic E-state index is 11.7. The minimum absolute atomic E-state index is 0.185. The van der Waals surface area contributed by atoms with Gasteiger partial charge in [-0.1, -0.05) is 32.9 Å². The number of ether oxygens (including phenoxy) is 2. The number of carboxylic acids is 1. The van der Waals surface area contributed by atoms with Crippen LogP contribution in [0.5, 0.6) is 0 Å². The van der Waals surface area contributed by atoms with Crippen molar-refractivity contribution in [2.24, 2.45) is 11.3 Å². The first kappa shape index (κ1) is 35.1. The van der Waals surface area contributed by atoms with E-state index in [-0.39, 0.29) is 12.0 Å². The Kier molecular flexibility index (Phi) is 11.2. The molecule has 1 aliphatic heterocycles. The number of hydrogen-bond acceptors (Lipinski definition) is 10. The Morgan fingerprint density at radius 3 is 2.38 bits per heavy atom. The summed E-state index contributed by atoms with van der Waals surface area (Å²) >= 11 is 0. The Bertz CT molecular complexity index is 1780. The molecule has 4 aromatic rings. The van der Waals surface area contributed by atoms with Gasteiger partial charge in [-0.3, -0.25) is 14.4 Å². The molecule has 1 saturated heterocycles. The number of nitrogens with zero attached hydrogens (tertiary/aromatic N) is 5. The number of sulfonamides is 1. The molecule has 0 radical (unpaired) electrons. The van der Waals surface area contributed by atoms with Crippen molar-refractivity contribution < 1.29 is 27.8 Å². The normalized spacial score (nSPS) is 15.0. The van der Waals surface area contributed by atoms with Gasteiger partial charge in [0.05, 0.1) is 56.0 Å². The number of piperazine rings is 1. The van der Waals surface area contributed by atoms with Gasteiger partial charge >= 0.3 is 5.97 Å². The van der Waals surface area contributed by atoms with Gasteiger partial charge in [-0.05, 0) is 53.9 Å². The Balaban J connectivity index is 1.07. The van der Waals surface area contributed by atoms with Crippen molar-refractivity contribution >= 4 is 44.5 Å². The van der Waals surface area contributed by atoms with E-state index in [1.165, 1.54) is 0 Å². The number of carboxylic acid groups (broad SMARTS) is 1. The van der Waals surface area contributed by atoms with Crippen LogP contribution in [0.2, 0.25) is 0 Å². The van der Waals surface area contributed by atoms with E-state index >= 15 is 0 Å². The molecule has 1 aliphatic rings. The summed E-state index contributed by atoms with van der Waals surface area (Å²) in [6, 6.07) is 19.3. The zero-order valence-electron chi connectivity index (χ0n) is 27.9. The fourth-order valence-corrected chi connectivity index (χ4v) is 6.11. The third kappa shape index (κ3) is 9.66. The SMILES string of the molecule is CC(C)(C)C(COCCOCCN1CCN(c2ccc(Nc3ncc4ccc(-c5cccc(NS(C)(=O)=O)c5)n4n3)cc2)CC1)C(=O)O. The number of hydrogen-bond donors (Lipinski definition) is 3. The summed E-state index contributed by atoms with van der Waals surface area (Å²) in [7, 11) is -3.39. The van der Waals surface area contributed by atoms with Crippen molar-refractivity contribution in [1.29, 1.82) is 0 Å². The van der Waals surface area contributed by atoms with Gasteiger partial charge in [-0.25, -0.2) is 17.9 Å². The smallest absolute Gasteiger partial charge is 0.309 e. The molecule has 0 amide bonds. The molecular weight excluding hydrogens is 634 g/mol. The molecule has 0 aliphatic carbocycles. The third-order valence-electron chi connectivity index (χ3n) is 8.27. The quantitative estimate of drug-likeness (QED) is 0.153. The van der Waals surface area contributed by atoms with Gasteiger partial charge < -0.3 is 24.8 Å². The molecule has 0 bridgehead atoms. The number of carbonyl (C=O) groups is 1. The van der Waals surface area contributed by atoms with Gasteiger partial charge in [0.1, 0.15) is 0 Å². The van der Waals surface area contributed by atoms with Crippen LogP contribution in [0.1, 0.15) is 20.8 Å². The molecule has 48 heavy (non-hydrogen) atoms.